The van der Waals surface area contributed by atoms with Crippen molar-refractivity contribution in [2.24, 2.45) is 17.2 Å². The lowest BCUT2D eigenvalue weighted by Crippen LogP contribution is -2.29. The molecule has 1 unspecified atom stereocenters. The van der Waals surface area contributed by atoms with E-state index in [-0.39, 0.29) is 5.56 Å². The molecule has 0 bridgehead atoms. The van der Waals surface area contributed by atoms with Crippen LogP contribution in [0.4, 0.5) is 13.2 Å². The third kappa shape index (κ3) is 13.8. The molecule has 0 aromatic heterocycles. The highest BCUT2D eigenvalue weighted by Crippen LogP contribution is 2.29. The lowest BCUT2D eigenvalue weighted by molar-refractivity contribution is -0.139. The van der Waals surface area contributed by atoms with E-state index < -0.39 is 23.8 Å². The van der Waals surface area contributed by atoms with Crippen LogP contribution in [0, 0.1) is 0 Å². The summed E-state index contributed by atoms with van der Waals surface area (Å²) in [5.74, 6) is -0.933. The molecule has 0 spiro atoms. The van der Waals surface area contributed by atoms with Crippen LogP contribution in [0.2, 0.25) is 0 Å². The number of halogens is 3. The third-order valence-corrected chi connectivity index (χ3v) is 4.29. The van der Waals surface area contributed by atoms with Crippen molar-refractivity contribution in [3.8, 4) is 0 Å². The predicted molar refractivity (Wildman–Crippen MR) is 106 cm³/mol. The van der Waals surface area contributed by atoms with Crippen LogP contribution in [0.15, 0.2) is 24.3 Å². The summed E-state index contributed by atoms with van der Waals surface area (Å²) < 4.78 is 36.0. The Bertz CT molecular complexity index is 592. The molecule has 1 aliphatic carbocycles. The summed E-state index contributed by atoms with van der Waals surface area (Å²) in [6.07, 6.45) is 4.84. The number of aldehydes is 1. The first-order valence-corrected chi connectivity index (χ1v) is 9.68. The number of aliphatic carboxylic acids is 1. The van der Waals surface area contributed by atoms with E-state index in [1.54, 1.807) is 0 Å². The summed E-state index contributed by atoms with van der Waals surface area (Å²) in [7, 11) is 0. The largest absolute Gasteiger partial charge is 0.480 e. The first-order valence-electron chi connectivity index (χ1n) is 9.68. The molecule has 7 N–H and O–H groups in total. The highest BCUT2D eigenvalue weighted by Gasteiger charge is 2.30. The molecule has 1 aliphatic rings. The van der Waals surface area contributed by atoms with Gasteiger partial charge in [0.1, 0.15) is 12.3 Å². The molecule has 0 radical (unpaired) electrons. The Morgan fingerprint density at radius 3 is 2.24 bits per heavy atom. The van der Waals surface area contributed by atoms with Gasteiger partial charge >= 0.3 is 12.1 Å². The first-order chi connectivity index (χ1) is 13.6. The van der Waals surface area contributed by atoms with Crippen molar-refractivity contribution >= 4 is 12.3 Å². The van der Waals surface area contributed by atoms with Gasteiger partial charge in [0.2, 0.25) is 0 Å². The predicted octanol–water partition coefficient (Wildman–Crippen LogP) is 3.32. The average molecular weight is 419 g/mol. The van der Waals surface area contributed by atoms with Crippen LogP contribution in [0.1, 0.15) is 67.3 Å². The summed E-state index contributed by atoms with van der Waals surface area (Å²) >= 11 is 0. The maximum atomic E-state index is 12.0. The highest BCUT2D eigenvalue weighted by atomic mass is 19.4. The van der Waals surface area contributed by atoms with Gasteiger partial charge in [0.25, 0.3) is 0 Å². The fourth-order valence-corrected chi connectivity index (χ4v) is 2.55. The van der Waals surface area contributed by atoms with Crippen molar-refractivity contribution in [2.45, 2.75) is 69.6 Å². The zero-order valence-electron chi connectivity index (χ0n) is 16.5. The van der Waals surface area contributed by atoms with Gasteiger partial charge in [0, 0.05) is 11.6 Å². The summed E-state index contributed by atoms with van der Waals surface area (Å²) in [6.45, 7) is 0.604. The zero-order valence-corrected chi connectivity index (χ0v) is 16.5. The van der Waals surface area contributed by atoms with Crippen molar-refractivity contribution in [3.63, 3.8) is 0 Å². The fourth-order valence-electron chi connectivity index (χ4n) is 2.55. The Balaban J connectivity index is 0.000000419. The Labute approximate surface area is 169 Å². The van der Waals surface area contributed by atoms with Crippen LogP contribution in [-0.2, 0) is 11.0 Å². The van der Waals surface area contributed by atoms with Gasteiger partial charge < -0.3 is 22.3 Å². The number of hydrogen-bond acceptors (Lipinski definition) is 5. The first kappa shape index (κ1) is 27.0. The number of alkyl halides is 3. The molecule has 0 aliphatic heterocycles. The molecule has 2 rings (SSSR count). The van der Waals surface area contributed by atoms with Crippen LogP contribution in [-0.4, -0.2) is 36.0 Å². The molecule has 166 valence electrons. The molecule has 0 saturated heterocycles. The van der Waals surface area contributed by atoms with Gasteiger partial charge in [-0.15, -0.1) is 0 Å². The molecule has 1 saturated carbocycles. The second kappa shape index (κ2) is 14.9. The second-order valence-electron chi connectivity index (χ2n) is 6.87. The van der Waals surface area contributed by atoms with Crippen LogP contribution < -0.4 is 17.2 Å². The Morgan fingerprint density at radius 1 is 1.21 bits per heavy atom. The monoisotopic (exact) mass is 419 g/mol. The summed E-state index contributed by atoms with van der Waals surface area (Å²) in [5, 5.41) is 8.33. The highest BCUT2D eigenvalue weighted by molar-refractivity contribution is 5.75. The van der Waals surface area contributed by atoms with E-state index in [0.717, 1.165) is 25.0 Å². The van der Waals surface area contributed by atoms with Crippen LogP contribution in [0.5, 0.6) is 0 Å². The second-order valence-corrected chi connectivity index (χ2v) is 6.87. The SMILES string of the molecule is NC1CCCCC1.NCCCCC(N)C(=O)O.O=Cc1cccc(C(F)(F)F)c1. The molecule has 1 atom stereocenters. The molecule has 6 nitrogen and oxygen atoms in total. The number of carbonyl (C=O) groups is 2. The number of nitrogens with two attached hydrogens (primary N) is 3. The topological polar surface area (TPSA) is 132 Å². The van der Waals surface area contributed by atoms with Gasteiger partial charge in [-0.25, -0.2) is 0 Å². The number of rotatable bonds is 6. The minimum Gasteiger partial charge on any atom is -0.480 e. The number of unbranched alkanes of at least 4 members (excludes halogenated alkanes) is 1. The van der Waals surface area contributed by atoms with Crippen LogP contribution >= 0.6 is 0 Å². The maximum Gasteiger partial charge on any atom is 0.416 e. The molecule has 0 heterocycles. The van der Waals surface area contributed by atoms with Crippen molar-refractivity contribution < 1.29 is 27.9 Å². The van der Waals surface area contributed by atoms with Crippen molar-refractivity contribution in [1.29, 1.82) is 0 Å². The van der Waals surface area contributed by atoms with Gasteiger partial charge in [0.15, 0.2) is 0 Å². The van der Waals surface area contributed by atoms with Crippen LogP contribution in [0.3, 0.4) is 0 Å². The van der Waals surface area contributed by atoms with Gasteiger partial charge in [-0.1, -0.05) is 37.8 Å². The Kier molecular flexibility index (Phi) is 13.9. The minimum atomic E-state index is -4.38. The molecule has 9 heteroatoms. The lowest BCUT2D eigenvalue weighted by Gasteiger charge is -2.15. The van der Waals surface area contributed by atoms with Gasteiger partial charge in [-0.05, 0) is 44.4 Å². The van der Waals surface area contributed by atoms with E-state index in [1.165, 1.54) is 44.2 Å². The van der Waals surface area contributed by atoms with E-state index >= 15 is 0 Å². The standard InChI is InChI=1S/C8H5F3O.C6H14N2O2.C6H13N/c9-8(10,11)7-3-1-2-6(4-7)5-12;7-4-2-1-3-5(8)6(9)10;7-6-4-2-1-3-5-6/h1-5H;5H,1-4,7-8H2,(H,9,10);6H,1-5,7H2. The summed E-state index contributed by atoms with van der Waals surface area (Å²) in [5.41, 5.74) is 15.3. The molecular formula is C20H32F3N3O3. The summed E-state index contributed by atoms with van der Waals surface area (Å²) in [6, 6.07) is 4.08. The molecule has 1 fully saturated rings. The molecular weight excluding hydrogens is 387 g/mol. The summed E-state index contributed by atoms with van der Waals surface area (Å²) in [4.78, 5) is 20.3. The zero-order chi connectivity index (χ0) is 22.3. The molecule has 0 amide bonds. The van der Waals surface area contributed by atoms with E-state index in [4.69, 9.17) is 22.3 Å². The van der Waals surface area contributed by atoms with E-state index in [0.29, 0.717) is 25.3 Å². The van der Waals surface area contributed by atoms with Gasteiger partial charge in [-0.3, -0.25) is 9.59 Å². The average Bonchev–Trinajstić information content (AvgIpc) is 2.69. The number of hydrogen-bond donors (Lipinski definition) is 4. The molecule has 29 heavy (non-hydrogen) atoms. The smallest absolute Gasteiger partial charge is 0.416 e. The number of carboxylic acids is 1. The van der Waals surface area contributed by atoms with Crippen molar-refractivity contribution in [2.75, 3.05) is 6.54 Å². The quantitative estimate of drug-likeness (QED) is 0.413. The Morgan fingerprint density at radius 2 is 1.83 bits per heavy atom. The molecule has 1 aromatic carbocycles. The van der Waals surface area contributed by atoms with Crippen LogP contribution in [0.25, 0.3) is 0 Å². The van der Waals surface area contributed by atoms with Gasteiger partial charge in [0.05, 0.1) is 5.56 Å². The fraction of sp³-hybridized carbons (Fsp3) is 0.600. The van der Waals surface area contributed by atoms with E-state index in [2.05, 4.69) is 0 Å². The van der Waals surface area contributed by atoms with E-state index in [9.17, 15) is 22.8 Å². The van der Waals surface area contributed by atoms with E-state index in [1.807, 2.05) is 0 Å². The van der Waals surface area contributed by atoms with Gasteiger partial charge in [-0.2, -0.15) is 13.2 Å². The lowest BCUT2D eigenvalue weighted by atomic mass is 9.97. The maximum absolute atomic E-state index is 12.0. The van der Waals surface area contributed by atoms with Crippen molar-refractivity contribution in [1.82, 2.24) is 0 Å². The number of carbonyl (C=O) groups excluding carboxylic acids is 1. The number of carboxylic acid groups (broad SMARTS) is 1. The normalized spacial score (nSPS) is 15.2. The number of benzene rings is 1. The molecule has 1 aromatic rings. The Hall–Kier alpha value is -1.97. The minimum absolute atomic E-state index is 0.0322. The third-order valence-electron chi connectivity index (χ3n) is 4.29. The van der Waals surface area contributed by atoms with Crippen molar-refractivity contribution in [3.05, 3.63) is 35.4 Å².